The van der Waals surface area contributed by atoms with Crippen LogP contribution in [-0.4, -0.2) is 13.1 Å². The second kappa shape index (κ2) is 13.3. The van der Waals surface area contributed by atoms with Gasteiger partial charge in [-0.3, -0.25) is 0 Å². The van der Waals surface area contributed by atoms with Crippen LogP contribution in [0.5, 0.6) is 0 Å². The molecule has 1 aromatic heterocycles. The summed E-state index contributed by atoms with van der Waals surface area (Å²) in [5.41, 5.74) is 5.11. The Morgan fingerprint density at radius 3 is 1.89 bits per heavy atom. The van der Waals surface area contributed by atoms with Crippen LogP contribution in [0.4, 0.5) is 0 Å². The van der Waals surface area contributed by atoms with Gasteiger partial charge < -0.3 is 4.98 Å². The zero-order chi connectivity index (χ0) is 26.3. The first kappa shape index (κ1) is 24.6. The molecule has 0 atom stereocenters. The molecule has 0 spiro atoms. The summed E-state index contributed by atoms with van der Waals surface area (Å²) >= 11 is 0. The van der Waals surface area contributed by atoms with Crippen LogP contribution in [0.1, 0.15) is 13.9 Å². The first-order chi connectivity index (χ1) is 17.7. The molecular formula is C33H30IrNSi. The molecule has 0 saturated heterocycles. The van der Waals surface area contributed by atoms with Gasteiger partial charge in [0.25, 0.3) is 0 Å². The summed E-state index contributed by atoms with van der Waals surface area (Å²) in [6.45, 7) is 7.00. The second-order valence-corrected chi connectivity index (χ2v) is 14.3. The Kier molecular flexibility index (Phi) is 9.06. The van der Waals surface area contributed by atoms with E-state index in [1.54, 1.807) is 12.1 Å². The average Bonchev–Trinajstić information content (AvgIpc) is 2.94. The van der Waals surface area contributed by atoms with Crippen LogP contribution in [0.25, 0.3) is 22.4 Å². The fraction of sp³-hybridized carbons (Fsp3) is 0.121. The maximum absolute atomic E-state index is 8.41. The third-order valence-electron chi connectivity index (χ3n) is 5.48. The molecule has 1 nitrogen and oxygen atoms in total. The minimum Gasteiger partial charge on any atom is -0.305 e. The molecule has 1 heterocycles. The van der Waals surface area contributed by atoms with E-state index in [9.17, 15) is 0 Å². The summed E-state index contributed by atoms with van der Waals surface area (Å²) in [6, 6.07) is 44.0. The molecule has 5 aromatic rings. The molecule has 0 aliphatic heterocycles. The fourth-order valence-electron chi connectivity index (χ4n) is 3.50. The number of benzene rings is 4. The van der Waals surface area contributed by atoms with E-state index < -0.39 is 14.4 Å². The number of aromatic nitrogens is 1. The zero-order valence-electron chi connectivity index (χ0n) is 22.8. The van der Waals surface area contributed by atoms with E-state index in [0.29, 0.717) is 11.1 Å². The van der Waals surface area contributed by atoms with Gasteiger partial charge in [0.15, 0.2) is 0 Å². The van der Waals surface area contributed by atoms with Crippen molar-refractivity contribution in [3.8, 4) is 22.4 Å². The second-order valence-electron chi connectivity index (χ2n) is 9.22. The molecule has 0 aliphatic carbocycles. The molecule has 0 N–H and O–H groups in total. The van der Waals surface area contributed by atoms with Crippen molar-refractivity contribution in [2.45, 2.75) is 26.0 Å². The Morgan fingerprint density at radius 1 is 0.667 bits per heavy atom. The van der Waals surface area contributed by atoms with Gasteiger partial charge in [0.05, 0.1) is 8.07 Å². The van der Waals surface area contributed by atoms with Gasteiger partial charge in [-0.1, -0.05) is 62.1 Å². The monoisotopic (exact) mass is 663 g/mol. The molecule has 4 aromatic carbocycles. The van der Waals surface area contributed by atoms with Gasteiger partial charge in [-0.2, -0.15) is 42.5 Å². The predicted octanol–water partition coefficient (Wildman–Crippen LogP) is 7.64. The Balaban J connectivity index is 0.000000213. The molecule has 0 aliphatic rings. The van der Waals surface area contributed by atoms with Gasteiger partial charge >= 0.3 is 20.1 Å². The van der Waals surface area contributed by atoms with Crippen molar-refractivity contribution in [1.82, 2.24) is 4.98 Å². The predicted molar refractivity (Wildman–Crippen MR) is 150 cm³/mol. The van der Waals surface area contributed by atoms with Crippen LogP contribution >= 0.6 is 0 Å². The summed E-state index contributed by atoms with van der Waals surface area (Å²) in [4.78, 5) is 4.52. The smallest absolute Gasteiger partial charge is 0.305 e. The summed E-state index contributed by atoms with van der Waals surface area (Å²) in [5, 5.41) is 1.40. The van der Waals surface area contributed by atoms with E-state index in [4.69, 9.17) is 2.74 Å². The number of rotatable bonds is 5. The van der Waals surface area contributed by atoms with Gasteiger partial charge in [-0.05, 0) is 22.8 Å². The Bertz CT molecular complexity index is 1400. The SMILES string of the molecule is C[Si](C)(C)c1ccc(-c2[c-]cccc2)nc1.[2H]C([2H])(c1ccccc1)c1cc[c-]c(-c2[c-]cccc2)c1.[Ir+3]. The largest absolute Gasteiger partial charge is 3.00 e. The van der Waals surface area contributed by atoms with Gasteiger partial charge in [0, 0.05) is 8.94 Å². The molecule has 0 saturated carbocycles. The first-order valence-corrected chi connectivity index (χ1v) is 15.2. The van der Waals surface area contributed by atoms with Crippen LogP contribution in [-0.2, 0) is 26.5 Å². The maximum Gasteiger partial charge on any atom is 3.00 e. The topological polar surface area (TPSA) is 12.9 Å². The molecule has 180 valence electrons. The summed E-state index contributed by atoms with van der Waals surface area (Å²) < 4.78 is 16.8. The Hall–Kier alpha value is -3.10. The summed E-state index contributed by atoms with van der Waals surface area (Å²) in [7, 11) is -1.23. The average molecular weight is 663 g/mol. The Morgan fingerprint density at radius 2 is 1.31 bits per heavy atom. The van der Waals surface area contributed by atoms with Crippen LogP contribution in [0.3, 0.4) is 0 Å². The normalized spacial score (nSPS) is 11.8. The van der Waals surface area contributed by atoms with Crippen LogP contribution < -0.4 is 5.19 Å². The standard InChI is InChI=1S/C19H14.C14H16NSi.Ir/c1-3-8-16(9-4-1)14-17-10-7-13-19(15-17)18-11-5-2-6-12-18;1-16(2,3)13-9-10-14(15-11-13)12-7-5-4-6-8-12;/h1-11,15H,14H2;4-7,9-11H,1-3H3;/q-2;-1;+3/i14D2;;. The van der Waals surface area contributed by atoms with Gasteiger partial charge in [0.1, 0.15) is 0 Å². The molecule has 0 unspecified atom stereocenters. The number of nitrogens with zero attached hydrogens (tertiary/aromatic N) is 1. The molecule has 0 fully saturated rings. The van der Waals surface area contributed by atoms with E-state index in [0.717, 1.165) is 22.4 Å². The Labute approximate surface area is 233 Å². The molecule has 0 radical (unpaired) electrons. The summed E-state index contributed by atoms with van der Waals surface area (Å²) in [6.07, 6.45) is 0.488. The molecule has 0 bridgehead atoms. The van der Waals surface area contributed by atoms with E-state index >= 15 is 0 Å². The van der Waals surface area contributed by atoms with Crippen LogP contribution in [0.2, 0.25) is 19.6 Å². The number of pyridine rings is 1. The van der Waals surface area contributed by atoms with Crippen LogP contribution in [0, 0.1) is 18.2 Å². The quantitative estimate of drug-likeness (QED) is 0.139. The van der Waals surface area contributed by atoms with Crippen molar-refractivity contribution in [2.24, 2.45) is 0 Å². The van der Waals surface area contributed by atoms with E-state index in [1.165, 1.54) is 5.19 Å². The van der Waals surface area contributed by atoms with E-state index in [-0.39, 0.29) is 20.1 Å². The third kappa shape index (κ3) is 7.96. The fourth-order valence-corrected chi connectivity index (χ4v) is 4.53. The van der Waals surface area contributed by atoms with Gasteiger partial charge in [-0.15, -0.1) is 53.6 Å². The van der Waals surface area contributed by atoms with E-state index in [1.807, 2.05) is 91.1 Å². The minimum absolute atomic E-state index is 0. The molecule has 36 heavy (non-hydrogen) atoms. The van der Waals surface area contributed by atoms with Crippen molar-refractivity contribution < 1.29 is 22.8 Å². The van der Waals surface area contributed by atoms with Crippen molar-refractivity contribution in [3.05, 3.63) is 145 Å². The summed E-state index contributed by atoms with van der Waals surface area (Å²) in [5.74, 6) is 0. The number of hydrogen-bond donors (Lipinski definition) is 0. The molecule has 5 rings (SSSR count). The molecule has 3 heteroatoms. The van der Waals surface area contributed by atoms with Crippen molar-refractivity contribution in [2.75, 3.05) is 0 Å². The van der Waals surface area contributed by atoms with Crippen molar-refractivity contribution >= 4 is 13.3 Å². The third-order valence-corrected chi connectivity index (χ3v) is 7.51. The zero-order valence-corrected chi connectivity index (χ0v) is 24.1. The first-order valence-electron chi connectivity index (χ1n) is 12.7. The van der Waals surface area contributed by atoms with Crippen LogP contribution in [0.15, 0.2) is 115 Å². The van der Waals surface area contributed by atoms with E-state index in [2.05, 4.69) is 55.0 Å². The minimum atomic E-state index is -1.53. The molecular weight excluding hydrogens is 631 g/mol. The van der Waals surface area contributed by atoms with Crippen molar-refractivity contribution in [1.29, 1.82) is 0 Å². The van der Waals surface area contributed by atoms with Gasteiger partial charge in [-0.25, -0.2) is 11.1 Å². The maximum atomic E-state index is 8.41. The number of hydrogen-bond acceptors (Lipinski definition) is 1. The molecule has 0 amide bonds. The van der Waals surface area contributed by atoms with Crippen molar-refractivity contribution in [3.63, 3.8) is 0 Å². The van der Waals surface area contributed by atoms with Gasteiger partial charge in [0.2, 0.25) is 0 Å².